The maximum atomic E-state index is 12.9. The minimum atomic E-state index is -1.65. The van der Waals surface area contributed by atoms with Gasteiger partial charge in [-0.15, -0.1) is 0 Å². The van der Waals surface area contributed by atoms with Gasteiger partial charge in [0.05, 0.1) is 40.3 Å². The Morgan fingerprint density at radius 3 is 0.892 bits per heavy atom. The Kier molecular flexibility index (Phi) is 67.4. The zero-order valence-electron chi connectivity index (χ0n) is 59.5. The van der Waals surface area contributed by atoms with Crippen LogP contribution in [-0.4, -0.2) is 82.3 Å². The van der Waals surface area contributed by atoms with Gasteiger partial charge in [-0.3, -0.25) is 9.59 Å². The Morgan fingerprint density at radius 1 is 0.323 bits per heavy atom. The summed E-state index contributed by atoms with van der Waals surface area (Å²) in [6.07, 6.45) is 108. The molecule has 0 aliphatic carbocycles. The molecule has 2 atom stereocenters. The van der Waals surface area contributed by atoms with Crippen LogP contribution >= 0.6 is 0 Å². The number of hydrogen-bond donors (Lipinski definition) is 0. The lowest BCUT2D eigenvalue weighted by molar-refractivity contribution is -0.870. The highest BCUT2D eigenvalue weighted by Crippen LogP contribution is 2.16. The van der Waals surface area contributed by atoms with Gasteiger partial charge in [-0.05, 0) is 135 Å². The van der Waals surface area contributed by atoms with Gasteiger partial charge >= 0.3 is 11.9 Å². The molecular formula is C84H133NO8. The molecule has 9 heteroatoms. The molecule has 93 heavy (non-hydrogen) atoms. The third-order valence-corrected chi connectivity index (χ3v) is 14.8. The van der Waals surface area contributed by atoms with Crippen molar-refractivity contribution >= 4 is 17.9 Å². The lowest BCUT2D eigenvalue weighted by atomic mass is 10.0. The summed E-state index contributed by atoms with van der Waals surface area (Å²) in [5.74, 6) is -2.38. The SMILES string of the molecule is CC/C=C\C/C=C\C/C=C\C/C=C\C/C=C\C/C=C\C/C=C\C/C=C\C/C=C\CCCC(=O)OC(COC(=O)CCCCCCCCCCCCCCCCCCC/C=C\C/C=C\C/C=C\C/C=C\C/C=C\C/C=C\C/C=C\CC)COC(OCC[N+](C)(C)C)C(=O)[O-]. The predicted molar refractivity (Wildman–Crippen MR) is 397 cm³/mol. The van der Waals surface area contributed by atoms with Crippen LogP contribution in [0.2, 0.25) is 0 Å². The third-order valence-electron chi connectivity index (χ3n) is 14.8. The van der Waals surface area contributed by atoms with Crippen molar-refractivity contribution in [2.45, 2.75) is 270 Å². The van der Waals surface area contributed by atoms with Crippen molar-refractivity contribution in [3.63, 3.8) is 0 Å². The summed E-state index contributed by atoms with van der Waals surface area (Å²) in [4.78, 5) is 37.5. The first-order valence-corrected chi connectivity index (χ1v) is 36.6. The van der Waals surface area contributed by atoms with Crippen LogP contribution in [0.4, 0.5) is 0 Å². The van der Waals surface area contributed by atoms with Crippen LogP contribution < -0.4 is 5.11 Å². The first kappa shape index (κ1) is 87.1. The fourth-order valence-corrected chi connectivity index (χ4v) is 9.34. The average Bonchev–Trinajstić information content (AvgIpc) is 3.74. The number of quaternary nitrogens is 1. The van der Waals surface area contributed by atoms with Crippen LogP contribution in [0.5, 0.6) is 0 Å². The number of aliphatic carboxylic acids is 1. The number of allylic oxidation sites excluding steroid dienone is 32. The van der Waals surface area contributed by atoms with Gasteiger partial charge in [0, 0.05) is 12.8 Å². The molecule has 0 aromatic rings. The number of carbonyl (C=O) groups is 3. The van der Waals surface area contributed by atoms with Crippen molar-refractivity contribution in [3.8, 4) is 0 Å². The molecular weight excluding hydrogens is 1150 g/mol. The lowest BCUT2D eigenvalue weighted by Gasteiger charge is -2.26. The molecule has 0 saturated carbocycles. The molecule has 0 fully saturated rings. The normalized spacial score (nSPS) is 13.9. The number of unbranched alkanes of at least 4 members (excludes halogenated alkanes) is 18. The highest BCUT2D eigenvalue weighted by atomic mass is 16.7. The molecule has 0 aromatic carbocycles. The molecule has 0 radical (unpaired) electrons. The molecule has 0 aromatic heterocycles. The van der Waals surface area contributed by atoms with Crippen molar-refractivity contribution in [2.24, 2.45) is 0 Å². The first-order valence-electron chi connectivity index (χ1n) is 36.6. The Labute approximate surface area is 570 Å². The molecule has 2 unspecified atom stereocenters. The van der Waals surface area contributed by atoms with Crippen LogP contribution in [-0.2, 0) is 33.3 Å². The zero-order chi connectivity index (χ0) is 67.5. The van der Waals surface area contributed by atoms with Gasteiger partial charge < -0.3 is 33.3 Å². The van der Waals surface area contributed by atoms with Gasteiger partial charge in [-0.1, -0.05) is 305 Å². The van der Waals surface area contributed by atoms with Crippen molar-refractivity contribution in [3.05, 3.63) is 194 Å². The molecule has 0 saturated heterocycles. The smallest absolute Gasteiger partial charge is 0.306 e. The molecule has 522 valence electrons. The summed E-state index contributed by atoms with van der Waals surface area (Å²) in [6.45, 7) is 4.44. The van der Waals surface area contributed by atoms with Crippen LogP contribution in [0.3, 0.4) is 0 Å². The van der Waals surface area contributed by atoms with E-state index in [2.05, 4.69) is 208 Å². The molecule has 0 spiro atoms. The number of likely N-dealkylation sites (N-methyl/N-ethyl adjacent to an activating group) is 1. The van der Waals surface area contributed by atoms with Crippen LogP contribution in [0, 0.1) is 0 Å². The number of rotatable bonds is 65. The van der Waals surface area contributed by atoms with Gasteiger partial charge in [0.15, 0.2) is 12.4 Å². The molecule has 0 bridgehead atoms. The van der Waals surface area contributed by atoms with E-state index in [-0.39, 0.29) is 38.6 Å². The summed E-state index contributed by atoms with van der Waals surface area (Å²) >= 11 is 0. The second kappa shape index (κ2) is 72.0. The number of esters is 2. The van der Waals surface area contributed by atoms with Gasteiger partial charge in [-0.25, -0.2) is 0 Å². The van der Waals surface area contributed by atoms with Gasteiger partial charge in [-0.2, -0.15) is 0 Å². The maximum absolute atomic E-state index is 12.9. The molecule has 9 nitrogen and oxygen atoms in total. The standard InChI is InChI=1S/C84H133NO8/c1-6-8-10-12-14-16-18-20-22-24-26-28-30-32-34-36-37-38-39-40-41-42-43-44-45-47-48-50-52-54-56-58-60-62-64-66-68-70-72-74-81(86)91-78-80(79-92-84(83(88)89)90-77-76-85(3,4)5)93-82(87)75-73-71-69-67-65-63-61-59-57-55-53-51-49-46-35-33-31-29-27-25-23-21-19-17-15-13-11-9-7-2/h8-11,14-17,20-23,26-29,32-35,37-38,40-41,49,51,55,57,61,63,67,69,80,84H,6-7,12-13,18-19,24-25,30-31,36,39,42-48,50,52-54,56,58-60,62,64-66,68,70-79H2,1-5H3/b10-8-,11-9-,16-14-,17-15-,22-20-,23-21-,28-26-,29-27-,34-32-,35-33-,38-37-,41-40-,51-49-,57-55-,63-61-,69-67-. The maximum Gasteiger partial charge on any atom is 0.306 e. The van der Waals surface area contributed by atoms with E-state index in [9.17, 15) is 19.5 Å². The largest absolute Gasteiger partial charge is 0.545 e. The fourth-order valence-electron chi connectivity index (χ4n) is 9.34. The summed E-state index contributed by atoms with van der Waals surface area (Å²) < 4.78 is 22.7. The second-order valence-corrected chi connectivity index (χ2v) is 24.8. The molecule has 0 aliphatic rings. The zero-order valence-corrected chi connectivity index (χ0v) is 59.5. The molecule has 0 heterocycles. The van der Waals surface area contributed by atoms with Crippen molar-refractivity contribution < 1.29 is 42.9 Å². The Morgan fingerprint density at radius 2 is 0.591 bits per heavy atom. The third kappa shape index (κ3) is 73.4. The minimum absolute atomic E-state index is 0.127. The van der Waals surface area contributed by atoms with E-state index in [1.807, 2.05) is 21.1 Å². The first-order chi connectivity index (χ1) is 45.6. The van der Waals surface area contributed by atoms with Crippen molar-refractivity contribution in [1.82, 2.24) is 0 Å². The van der Waals surface area contributed by atoms with E-state index >= 15 is 0 Å². The number of carboxylic acids is 1. The monoisotopic (exact) mass is 1280 g/mol. The summed E-state index contributed by atoms with van der Waals surface area (Å²) in [5, 5.41) is 11.8. The Hall–Kier alpha value is -5.87. The number of ether oxygens (including phenoxy) is 4. The van der Waals surface area contributed by atoms with Gasteiger partial charge in [0.25, 0.3) is 0 Å². The molecule has 0 rings (SSSR count). The number of carbonyl (C=O) groups excluding carboxylic acids is 3. The van der Waals surface area contributed by atoms with E-state index in [1.165, 1.54) is 96.3 Å². The average molecular weight is 1280 g/mol. The topological polar surface area (TPSA) is 111 Å². The quantitative estimate of drug-likeness (QED) is 0.0195. The highest BCUT2D eigenvalue weighted by molar-refractivity contribution is 5.70. The van der Waals surface area contributed by atoms with E-state index in [0.29, 0.717) is 23.9 Å². The lowest BCUT2D eigenvalue weighted by Crippen LogP contribution is -2.44. The molecule has 0 aliphatic heterocycles. The number of nitrogens with zero attached hydrogens (tertiary/aromatic N) is 1. The second-order valence-electron chi connectivity index (χ2n) is 24.8. The summed E-state index contributed by atoms with van der Waals surface area (Å²) in [5.41, 5.74) is 0. The Bertz CT molecular complexity index is 2230. The van der Waals surface area contributed by atoms with Crippen molar-refractivity contribution in [1.29, 1.82) is 0 Å². The number of hydrogen-bond acceptors (Lipinski definition) is 8. The summed E-state index contributed by atoms with van der Waals surface area (Å²) in [7, 11) is 5.90. The molecule has 0 amide bonds. The summed E-state index contributed by atoms with van der Waals surface area (Å²) in [6, 6.07) is 0. The van der Waals surface area contributed by atoms with Crippen LogP contribution in [0.15, 0.2) is 194 Å². The highest BCUT2D eigenvalue weighted by Gasteiger charge is 2.22. The van der Waals surface area contributed by atoms with E-state index in [4.69, 9.17) is 18.9 Å². The van der Waals surface area contributed by atoms with Gasteiger partial charge in [0.2, 0.25) is 0 Å². The van der Waals surface area contributed by atoms with Crippen molar-refractivity contribution in [2.75, 3.05) is 47.5 Å². The number of carboxylic acid groups (broad SMARTS) is 1. The molecule has 0 N–H and O–H groups in total. The van der Waals surface area contributed by atoms with E-state index in [1.54, 1.807) is 0 Å². The minimum Gasteiger partial charge on any atom is -0.545 e. The van der Waals surface area contributed by atoms with E-state index < -0.39 is 24.3 Å². The predicted octanol–water partition coefficient (Wildman–Crippen LogP) is 22.0. The van der Waals surface area contributed by atoms with Crippen LogP contribution in [0.25, 0.3) is 0 Å². The van der Waals surface area contributed by atoms with Crippen LogP contribution in [0.1, 0.15) is 258 Å². The van der Waals surface area contributed by atoms with Gasteiger partial charge in [0.1, 0.15) is 13.2 Å². The Balaban J connectivity index is 4.19. The fraction of sp³-hybridized carbons (Fsp3) is 0.583. The van der Waals surface area contributed by atoms with E-state index in [0.717, 1.165) is 122 Å².